The van der Waals surface area contributed by atoms with Gasteiger partial charge in [0.1, 0.15) is 5.82 Å². The highest BCUT2D eigenvalue weighted by molar-refractivity contribution is 5.78. The maximum atomic E-state index is 14.2. The Morgan fingerprint density at radius 3 is 2.27 bits per heavy atom. The first-order valence-electron chi connectivity index (χ1n) is 8.18. The Morgan fingerprint density at radius 1 is 1.00 bits per heavy atom. The number of rotatable bonds is 4. The Hall–Kier alpha value is -2.37. The second-order valence-corrected chi connectivity index (χ2v) is 7.21. The number of carbonyl (C=O) groups is 1. The molecule has 1 N–H and O–H groups in total. The topological polar surface area (TPSA) is 29.1 Å². The van der Waals surface area contributed by atoms with Crippen molar-refractivity contribution in [1.29, 1.82) is 0 Å². The molecule has 0 saturated carbocycles. The first-order valence-corrected chi connectivity index (χ1v) is 8.18. The number of amides is 1. The van der Waals surface area contributed by atoms with E-state index in [4.69, 9.17) is 0 Å². The number of halogens is 4. The van der Waals surface area contributed by atoms with Gasteiger partial charge in [0.2, 0.25) is 5.91 Å². The molecule has 1 amide bonds. The van der Waals surface area contributed by atoms with Crippen molar-refractivity contribution >= 4 is 5.91 Å². The van der Waals surface area contributed by atoms with E-state index in [1.807, 2.05) is 20.8 Å². The third-order valence-corrected chi connectivity index (χ3v) is 4.01. The number of alkyl halides is 3. The van der Waals surface area contributed by atoms with Gasteiger partial charge in [-0.2, -0.15) is 13.2 Å². The minimum Gasteiger partial charge on any atom is -0.352 e. The average Bonchev–Trinajstić information content (AvgIpc) is 2.52. The predicted octanol–water partition coefficient (Wildman–Crippen LogP) is 5.00. The molecule has 0 spiro atoms. The molecule has 0 radical (unpaired) electrons. The first-order chi connectivity index (χ1) is 12.0. The molecular formula is C20H21F4NO. The van der Waals surface area contributed by atoms with Crippen LogP contribution in [0.3, 0.4) is 0 Å². The van der Waals surface area contributed by atoms with Crippen molar-refractivity contribution < 1.29 is 22.4 Å². The van der Waals surface area contributed by atoms with E-state index in [0.717, 1.165) is 17.7 Å². The summed E-state index contributed by atoms with van der Waals surface area (Å²) in [6.45, 7) is 5.89. The van der Waals surface area contributed by atoms with Crippen molar-refractivity contribution in [3.8, 4) is 0 Å². The van der Waals surface area contributed by atoms with Crippen LogP contribution < -0.4 is 5.32 Å². The Morgan fingerprint density at radius 2 is 1.69 bits per heavy atom. The van der Waals surface area contributed by atoms with Crippen LogP contribution >= 0.6 is 0 Å². The summed E-state index contributed by atoms with van der Waals surface area (Å²) in [5.41, 5.74) is 0.434. The Balaban J connectivity index is 1.99. The summed E-state index contributed by atoms with van der Waals surface area (Å²) in [5, 5.41) is 2.54. The normalized spacial score (nSPS) is 12.1. The molecular weight excluding hydrogens is 346 g/mol. The zero-order valence-electron chi connectivity index (χ0n) is 14.9. The van der Waals surface area contributed by atoms with Crippen LogP contribution in [-0.4, -0.2) is 5.91 Å². The van der Waals surface area contributed by atoms with Crippen LogP contribution in [0.1, 0.15) is 43.0 Å². The zero-order valence-corrected chi connectivity index (χ0v) is 14.9. The third-order valence-electron chi connectivity index (χ3n) is 4.01. The van der Waals surface area contributed by atoms with Gasteiger partial charge in [0.25, 0.3) is 0 Å². The molecule has 26 heavy (non-hydrogen) atoms. The number of carbonyl (C=O) groups excluding carboxylic acids is 1. The van der Waals surface area contributed by atoms with Crippen LogP contribution in [0.2, 0.25) is 0 Å². The van der Waals surface area contributed by atoms with Gasteiger partial charge in [-0.25, -0.2) is 4.39 Å². The fourth-order valence-corrected chi connectivity index (χ4v) is 2.46. The fraction of sp³-hybridized carbons (Fsp3) is 0.350. The Labute approximate surface area is 150 Å². The molecule has 0 atom stereocenters. The van der Waals surface area contributed by atoms with Gasteiger partial charge in [-0.15, -0.1) is 0 Å². The lowest BCUT2D eigenvalue weighted by Crippen LogP contribution is -2.25. The smallest absolute Gasteiger partial charge is 0.352 e. The molecule has 0 aliphatic carbocycles. The van der Waals surface area contributed by atoms with Gasteiger partial charge in [0.15, 0.2) is 0 Å². The highest BCUT2D eigenvalue weighted by atomic mass is 19.4. The van der Waals surface area contributed by atoms with Crippen LogP contribution in [0.25, 0.3) is 0 Å². The van der Waals surface area contributed by atoms with Gasteiger partial charge in [0.05, 0.1) is 12.0 Å². The largest absolute Gasteiger partial charge is 0.416 e. The van der Waals surface area contributed by atoms with Crippen LogP contribution in [0, 0.1) is 5.82 Å². The standard InChI is InChI=1S/C20H21F4NO/c1-19(2,3)15-8-7-14(17(21)11-15)12-25-18(26)10-13-5-4-6-16(9-13)20(22,23)24/h4-9,11H,10,12H2,1-3H3,(H,25,26). The fourth-order valence-electron chi connectivity index (χ4n) is 2.46. The molecule has 0 unspecified atom stereocenters. The first kappa shape index (κ1) is 19.9. The number of benzene rings is 2. The monoisotopic (exact) mass is 367 g/mol. The summed E-state index contributed by atoms with van der Waals surface area (Å²) < 4.78 is 52.2. The minimum atomic E-state index is -4.45. The van der Waals surface area contributed by atoms with Crippen LogP contribution in [-0.2, 0) is 29.4 Å². The van der Waals surface area contributed by atoms with Crippen molar-refractivity contribution in [3.63, 3.8) is 0 Å². The Kier molecular flexibility index (Phi) is 5.74. The molecule has 6 heteroatoms. The van der Waals surface area contributed by atoms with Crippen molar-refractivity contribution in [3.05, 3.63) is 70.5 Å². The van der Waals surface area contributed by atoms with E-state index in [9.17, 15) is 22.4 Å². The van der Waals surface area contributed by atoms with E-state index in [-0.39, 0.29) is 23.9 Å². The van der Waals surface area contributed by atoms with Gasteiger partial charge in [-0.1, -0.05) is 51.1 Å². The van der Waals surface area contributed by atoms with E-state index in [1.165, 1.54) is 18.2 Å². The molecule has 0 aliphatic heterocycles. The highest BCUT2D eigenvalue weighted by Crippen LogP contribution is 2.29. The molecule has 2 aromatic carbocycles. The Bertz CT molecular complexity index is 791. The second kappa shape index (κ2) is 7.48. The van der Waals surface area contributed by atoms with Gasteiger partial charge in [-0.05, 0) is 28.7 Å². The van der Waals surface area contributed by atoms with Gasteiger partial charge < -0.3 is 5.32 Å². The van der Waals surface area contributed by atoms with Crippen molar-refractivity contribution in [1.82, 2.24) is 5.32 Å². The summed E-state index contributed by atoms with van der Waals surface area (Å²) in [5.74, 6) is -0.889. The van der Waals surface area contributed by atoms with Gasteiger partial charge in [-0.3, -0.25) is 4.79 Å². The molecule has 0 saturated heterocycles. The van der Waals surface area contributed by atoms with E-state index in [1.54, 1.807) is 12.1 Å². The molecule has 0 aromatic heterocycles. The van der Waals surface area contributed by atoms with Gasteiger partial charge in [0, 0.05) is 12.1 Å². The van der Waals surface area contributed by atoms with Crippen molar-refractivity contribution in [2.75, 3.05) is 0 Å². The average molecular weight is 367 g/mol. The van der Waals surface area contributed by atoms with E-state index in [2.05, 4.69) is 5.32 Å². The third kappa shape index (κ3) is 5.31. The minimum absolute atomic E-state index is 0.0198. The summed E-state index contributed by atoms with van der Waals surface area (Å²) >= 11 is 0. The number of hydrogen-bond donors (Lipinski definition) is 1. The van der Waals surface area contributed by atoms with Gasteiger partial charge >= 0.3 is 6.18 Å². The van der Waals surface area contributed by atoms with Crippen LogP contribution in [0.4, 0.5) is 17.6 Å². The number of hydrogen-bond acceptors (Lipinski definition) is 1. The van der Waals surface area contributed by atoms with Crippen molar-refractivity contribution in [2.24, 2.45) is 0 Å². The van der Waals surface area contributed by atoms with E-state index >= 15 is 0 Å². The quantitative estimate of drug-likeness (QED) is 0.757. The second-order valence-electron chi connectivity index (χ2n) is 7.21. The van der Waals surface area contributed by atoms with E-state index in [0.29, 0.717) is 5.56 Å². The van der Waals surface area contributed by atoms with Crippen molar-refractivity contribution in [2.45, 2.75) is 45.3 Å². The molecule has 140 valence electrons. The predicted molar refractivity (Wildman–Crippen MR) is 92.1 cm³/mol. The lowest BCUT2D eigenvalue weighted by Gasteiger charge is -2.19. The summed E-state index contributed by atoms with van der Waals surface area (Å²) in [6, 6.07) is 9.46. The summed E-state index contributed by atoms with van der Waals surface area (Å²) in [4.78, 5) is 12.0. The summed E-state index contributed by atoms with van der Waals surface area (Å²) in [7, 11) is 0. The maximum absolute atomic E-state index is 14.2. The molecule has 0 heterocycles. The maximum Gasteiger partial charge on any atom is 0.416 e. The molecule has 0 bridgehead atoms. The van der Waals surface area contributed by atoms with Crippen LogP contribution in [0.15, 0.2) is 42.5 Å². The van der Waals surface area contributed by atoms with E-state index < -0.39 is 23.5 Å². The lowest BCUT2D eigenvalue weighted by atomic mass is 9.86. The zero-order chi connectivity index (χ0) is 19.5. The molecule has 2 aromatic rings. The highest BCUT2D eigenvalue weighted by Gasteiger charge is 2.30. The van der Waals surface area contributed by atoms with Crippen LogP contribution in [0.5, 0.6) is 0 Å². The molecule has 2 nitrogen and oxygen atoms in total. The lowest BCUT2D eigenvalue weighted by molar-refractivity contribution is -0.137. The molecule has 2 rings (SSSR count). The summed E-state index contributed by atoms with van der Waals surface area (Å²) in [6.07, 6.45) is -4.66. The SMILES string of the molecule is CC(C)(C)c1ccc(CNC(=O)Cc2cccc(C(F)(F)F)c2)c(F)c1. The molecule has 0 aliphatic rings. The molecule has 0 fully saturated rings. The number of nitrogens with one attached hydrogen (secondary N) is 1.